The number of phenolic OH excluding ortho intramolecular Hbond substituents is 1. The van der Waals surface area contributed by atoms with Crippen LogP contribution in [0.15, 0.2) is 18.2 Å². The third kappa shape index (κ3) is 5.01. The predicted octanol–water partition coefficient (Wildman–Crippen LogP) is 5.03. The van der Waals surface area contributed by atoms with Crippen LogP contribution in [0.2, 0.25) is 0 Å². The van der Waals surface area contributed by atoms with Gasteiger partial charge in [-0.2, -0.15) is 11.8 Å². The van der Waals surface area contributed by atoms with E-state index in [1.807, 2.05) is 47.4 Å². The first-order valence-electron chi connectivity index (χ1n) is 6.89. The predicted molar refractivity (Wildman–Crippen MR) is 95.6 cm³/mol. The standard InChI is InChI=1S/C15H24O2S3/c1-5-18-14(15(19-6-2)20-7-3)11-8-9-12(16)13(10-11)17-4/h8-10,14-16H,5-7H2,1-4H3. The van der Waals surface area contributed by atoms with Crippen molar-refractivity contribution in [2.75, 3.05) is 24.4 Å². The van der Waals surface area contributed by atoms with Crippen LogP contribution < -0.4 is 4.74 Å². The van der Waals surface area contributed by atoms with Gasteiger partial charge in [-0.15, -0.1) is 23.5 Å². The van der Waals surface area contributed by atoms with Gasteiger partial charge >= 0.3 is 0 Å². The molecule has 0 aliphatic heterocycles. The Balaban J connectivity index is 3.04. The summed E-state index contributed by atoms with van der Waals surface area (Å²) in [5, 5.41) is 10.2. The summed E-state index contributed by atoms with van der Waals surface area (Å²) >= 11 is 5.96. The molecule has 0 amide bonds. The van der Waals surface area contributed by atoms with Gasteiger partial charge in [0.2, 0.25) is 0 Å². The van der Waals surface area contributed by atoms with Crippen molar-refractivity contribution in [2.24, 2.45) is 0 Å². The Hall–Kier alpha value is -0.130. The SMILES string of the molecule is CCSC(SCC)C(SCC)c1ccc(O)c(OC)c1. The molecule has 1 atom stereocenters. The van der Waals surface area contributed by atoms with Gasteiger partial charge in [-0.3, -0.25) is 0 Å². The molecule has 1 N–H and O–H groups in total. The summed E-state index contributed by atoms with van der Waals surface area (Å²) in [6.45, 7) is 6.61. The van der Waals surface area contributed by atoms with Crippen LogP contribution in [0.1, 0.15) is 31.6 Å². The third-order valence-electron chi connectivity index (χ3n) is 2.79. The highest BCUT2D eigenvalue weighted by molar-refractivity contribution is 8.18. The van der Waals surface area contributed by atoms with Gasteiger partial charge in [-0.25, -0.2) is 0 Å². The minimum absolute atomic E-state index is 0.208. The molecule has 1 aromatic carbocycles. The van der Waals surface area contributed by atoms with Crippen LogP contribution in [0.5, 0.6) is 11.5 Å². The van der Waals surface area contributed by atoms with Crippen molar-refractivity contribution in [3.63, 3.8) is 0 Å². The molecule has 1 aromatic rings. The highest BCUT2D eigenvalue weighted by Crippen LogP contribution is 2.45. The zero-order chi connectivity index (χ0) is 15.0. The highest BCUT2D eigenvalue weighted by Gasteiger charge is 2.24. The van der Waals surface area contributed by atoms with Gasteiger partial charge in [-0.05, 0) is 35.0 Å². The van der Waals surface area contributed by atoms with Gasteiger partial charge in [0.05, 0.1) is 16.9 Å². The molecule has 0 fully saturated rings. The van der Waals surface area contributed by atoms with Crippen LogP contribution in [-0.2, 0) is 0 Å². The van der Waals surface area contributed by atoms with Crippen molar-refractivity contribution in [3.05, 3.63) is 23.8 Å². The highest BCUT2D eigenvalue weighted by atomic mass is 32.2. The number of hydrogen-bond acceptors (Lipinski definition) is 5. The van der Waals surface area contributed by atoms with E-state index in [2.05, 4.69) is 20.8 Å². The normalized spacial score (nSPS) is 12.7. The topological polar surface area (TPSA) is 29.5 Å². The lowest BCUT2D eigenvalue weighted by molar-refractivity contribution is 0.373. The number of aromatic hydroxyl groups is 1. The lowest BCUT2D eigenvalue weighted by Crippen LogP contribution is -2.10. The Morgan fingerprint density at radius 3 is 2.15 bits per heavy atom. The van der Waals surface area contributed by atoms with Gasteiger partial charge < -0.3 is 9.84 Å². The van der Waals surface area contributed by atoms with E-state index >= 15 is 0 Å². The fourth-order valence-electron chi connectivity index (χ4n) is 1.93. The maximum absolute atomic E-state index is 9.75. The summed E-state index contributed by atoms with van der Waals surface area (Å²) in [7, 11) is 1.60. The minimum Gasteiger partial charge on any atom is -0.504 e. The van der Waals surface area contributed by atoms with Crippen molar-refractivity contribution in [2.45, 2.75) is 30.6 Å². The summed E-state index contributed by atoms with van der Waals surface area (Å²) in [6.07, 6.45) is 0. The lowest BCUT2D eigenvalue weighted by Gasteiger charge is -2.26. The Morgan fingerprint density at radius 2 is 1.65 bits per heavy atom. The van der Waals surface area contributed by atoms with Gasteiger partial charge in [0.1, 0.15) is 0 Å². The third-order valence-corrected chi connectivity index (χ3v) is 7.05. The average molecular weight is 333 g/mol. The molecule has 0 radical (unpaired) electrons. The van der Waals surface area contributed by atoms with E-state index in [0.29, 0.717) is 15.6 Å². The van der Waals surface area contributed by atoms with Crippen molar-refractivity contribution in [1.29, 1.82) is 0 Å². The van der Waals surface area contributed by atoms with Gasteiger partial charge in [0.15, 0.2) is 11.5 Å². The molecule has 1 rings (SSSR count). The van der Waals surface area contributed by atoms with E-state index in [4.69, 9.17) is 4.74 Å². The molecule has 0 aliphatic carbocycles. The van der Waals surface area contributed by atoms with E-state index in [1.54, 1.807) is 13.2 Å². The smallest absolute Gasteiger partial charge is 0.160 e. The molecular formula is C15H24O2S3. The Bertz CT molecular complexity index is 393. The minimum atomic E-state index is 0.208. The number of rotatable bonds is 9. The van der Waals surface area contributed by atoms with E-state index in [9.17, 15) is 5.11 Å². The first-order valence-corrected chi connectivity index (χ1v) is 10.0. The Morgan fingerprint density at radius 1 is 1.05 bits per heavy atom. The quantitative estimate of drug-likeness (QED) is 0.641. The van der Waals surface area contributed by atoms with E-state index in [0.717, 1.165) is 17.3 Å². The first kappa shape index (κ1) is 17.9. The fraction of sp³-hybridized carbons (Fsp3) is 0.600. The zero-order valence-electron chi connectivity index (χ0n) is 12.6. The Kier molecular flexibility index (Phi) is 8.73. The summed E-state index contributed by atoms with van der Waals surface area (Å²) < 4.78 is 5.77. The van der Waals surface area contributed by atoms with Gasteiger partial charge in [0.25, 0.3) is 0 Å². The van der Waals surface area contributed by atoms with Crippen molar-refractivity contribution < 1.29 is 9.84 Å². The molecule has 1 unspecified atom stereocenters. The number of ether oxygens (including phenoxy) is 1. The zero-order valence-corrected chi connectivity index (χ0v) is 15.0. The fourth-order valence-corrected chi connectivity index (χ4v) is 6.25. The van der Waals surface area contributed by atoms with Crippen LogP contribution in [0.3, 0.4) is 0 Å². The molecule has 0 spiro atoms. The average Bonchev–Trinajstić information content (AvgIpc) is 2.45. The first-order chi connectivity index (χ1) is 9.67. The van der Waals surface area contributed by atoms with Crippen molar-refractivity contribution in [1.82, 2.24) is 0 Å². The molecule has 0 bridgehead atoms. The maximum atomic E-state index is 9.75. The van der Waals surface area contributed by atoms with E-state index in [-0.39, 0.29) is 5.75 Å². The molecule has 0 saturated heterocycles. The second-order valence-corrected chi connectivity index (χ2v) is 8.64. The number of methoxy groups -OCH3 is 1. The number of thioether (sulfide) groups is 3. The number of hydrogen-bond donors (Lipinski definition) is 1. The van der Waals surface area contributed by atoms with Crippen LogP contribution in [0.25, 0.3) is 0 Å². The molecule has 114 valence electrons. The summed E-state index contributed by atoms with van der Waals surface area (Å²) in [4.78, 5) is 0. The summed E-state index contributed by atoms with van der Waals surface area (Å²) in [6, 6.07) is 5.73. The largest absolute Gasteiger partial charge is 0.504 e. The van der Waals surface area contributed by atoms with Gasteiger partial charge in [0, 0.05) is 0 Å². The Labute approximate surface area is 135 Å². The van der Waals surface area contributed by atoms with Gasteiger partial charge in [-0.1, -0.05) is 26.8 Å². The van der Waals surface area contributed by atoms with Crippen LogP contribution in [0.4, 0.5) is 0 Å². The number of benzene rings is 1. The van der Waals surface area contributed by atoms with Crippen molar-refractivity contribution in [3.8, 4) is 11.5 Å². The molecule has 5 heteroatoms. The molecule has 0 heterocycles. The summed E-state index contributed by atoms with van der Waals surface area (Å²) in [5.41, 5.74) is 1.23. The number of phenols is 1. The van der Waals surface area contributed by atoms with E-state index in [1.165, 1.54) is 5.56 Å². The molecule has 0 aliphatic rings. The van der Waals surface area contributed by atoms with Crippen LogP contribution in [-0.4, -0.2) is 34.1 Å². The van der Waals surface area contributed by atoms with Crippen molar-refractivity contribution >= 4 is 35.3 Å². The van der Waals surface area contributed by atoms with E-state index < -0.39 is 0 Å². The maximum Gasteiger partial charge on any atom is 0.160 e. The lowest BCUT2D eigenvalue weighted by atomic mass is 10.1. The second kappa shape index (κ2) is 9.74. The molecule has 0 saturated carbocycles. The summed E-state index contributed by atoms with van der Waals surface area (Å²) in [5.74, 6) is 4.09. The van der Waals surface area contributed by atoms with Crippen LogP contribution >= 0.6 is 35.3 Å². The molecular weight excluding hydrogens is 308 g/mol. The monoisotopic (exact) mass is 332 g/mol. The molecule has 20 heavy (non-hydrogen) atoms. The van der Waals surface area contributed by atoms with Crippen LogP contribution in [0, 0.1) is 0 Å². The second-order valence-electron chi connectivity index (χ2n) is 4.09. The molecule has 0 aromatic heterocycles. The molecule has 2 nitrogen and oxygen atoms in total.